The first-order valence-electron chi connectivity index (χ1n) is 3.19. The van der Waals surface area contributed by atoms with E-state index in [2.05, 4.69) is 0 Å². The van der Waals surface area contributed by atoms with Crippen LogP contribution in [0.25, 0.3) is 0 Å². The Kier molecular flexibility index (Phi) is 3.75. The minimum Gasteiger partial charge on any atom is -0.511 e. The van der Waals surface area contributed by atoms with E-state index < -0.39 is 11.5 Å². The maximum absolute atomic E-state index is 10.2. The van der Waals surface area contributed by atoms with Crippen molar-refractivity contribution in [3.63, 3.8) is 0 Å². The van der Waals surface area contributed by atoms with Crippen molar-refractivity contribution in [3.05, 3.63) is 11.3 Å². The predicted molar refractivity (Wildman–Crippen MR) is 37.8 cm³/mol. The summed E-state index contributed by atoms with van der Waals surface area (Å²) in [5.41, 5.74) is -0.563. The Morgan fingerprint density at radius 3 is 2.36 bits per heavy atom. The lowest BCUT2D eigenvalue weighted by atomic mass is 10.2. The van der Waals surface area contributed by atoms with E-state index >= 15 is 0 Å². The maximum Gasteiger partial charge on any atom is 0.349 e. The Balaban J connectivity index is 4.58. The van der Waals surface area contributed by atoms with Crippen LogP contribution < -0.4 is 0 Å². The van der Waals surface area contributed by atoms with E-state index in [1.54, 1.807) is 6.92 Å². The second-order valence-electron chi connectivity index (χ2n) is 1.99. The molecule has 0 fully saturated rings. The molecule has 60 valence electrons. The monoisotopic (exact) mass is 155 g/mol. The molecule has 0 saturated carbocycles. The fraction of sp³-hybridized carbons (Fsp3) is 0.429. The molecule has 4 nitrogen and oxygen atoms in total. The molecule has 4 heteroatoms. The lowest BCUT2D eigenvalue weighted by Crippen LogP contribution is -2.02. The molecule has 0 saturated heterocycles. The van der Waals surface area contributed by atoms with Crippen LogP contribution in [-0.2, 0) is 4.79 Å². The van der Waals surface area contributed by atoms with E-state index in [4.69, 9.17) is 15.5 Å². The van der Waals surface area contributed by atoms with Gasteiger partial charge in [0.05, 0.1) is 0 Å². The molecule has 0 aromatic heterocycles. The van der Waals surface area contributed by atoms with Gasteiger partial charge in [-0.2, -0.15) is 5.26 Å². The molecule has 0 aliphatic carbocycles. The van der Waals surface area contributed by atoms with Gasteiger partial charge in [-0.3, -0.25) is 0 Å². The quantitative estimate of drug-likeness (QED) is 0.364. The number of carboxylic acid groups (broad SMARTS) is 1. The van der Waals surface area contributed by atoms with Crippen LogP contribution in [0.1, 0.15) is 19.8 Å². The van der Waals surface area contributed by atoms with E-state index in [1.807, 2.05) is 0 Å². The molecule has 0 amide bonds. The average molecular weight is 155 g/mol. The van der Waals surface area contributed by atoms with Crippen molar-refractivity contribution >= 4 is 5.97 Å². The number of aliphatic carboxylic acids is 1. The smallest absolute Gasteiger partial charge is 0.349 e. The fourth-order valence-corrected chi connectivity index (χ4v) is 0.598. The molecular formula is C7H9NO3. The van der Waals surface area contributed by atoms with Gasteiger partial charge in [0.15, 0.2) is 5.57 Å². The molecule has 0 spiro atoms. The van der Waals surface area contributed by atoms with Crippen LogP contribution in [0.15, 0.2) is 11.3 Å². The Bertz CT molecular complexity index is 224. The summed E-state index contributed by atoms with van der Waals surface area (Å²) in [5, 5.41) is 25.5. The van der Waals surface area contributed by atoms with Crippen molar-refractivity contribution in [2.45, 2.75) is 19.8 Å². The van der Waals surface area contributed by atoms with Gasteiger partial charge in [-0.05, 0) is 6.42 Å². The number of carbonyl (C=O) groups is 1. The molecule has 0 atom stereocenters. The predicted octanol–water partition coefficient (Wildman–Crippen LogP) is 1.21. The Morgan fingerprint density at radius 1 is 1.55 bits per heavy atom. The van der Waals surface area contributed by atoms with Gasteiger partial charge in [0, 0.05) is 6.42 Å². The first-order valence-corrected chi connectivity index (χ1v) is 3.19. The van der Waals surface area contributed by atoms with Crippen molar-refractivity contribution in [2.24, 2.45) is 0 Å². The summed E-state index contributed by atoms with van der Waals surface area (Å²) in [7, 11) is 0. The minimum atomic E-state index is -1.38. The first-order chi connectivity index (χ1) is 5.13. The van der Waals surface area contributed by atoms with Gasteiger partial charge in [-0.1, -0.05) is 6.92 Å². The number of nitrogens with zero attached hydrogens (tertiary/aromatic N) is 1. The van der Waals surface area contributed by atoms with Gasteiger partial charge in [-0.15, -0.1) is 0 Å². The van der Waals surface area contributed by atoms with Crippen LogP contribution in [0.2, 0.25) is 0 Å². The van der Waals surface area contributed by atoms with E-state index in [-0.39, 0.29) is 12.2 Å². The fourth-order valence-electron chi connectivity index (χ4n) is 0.598. The molecule has 0 heterocycles. The van der Waals surface area contributed by atoms with E-state index in [9.17, 15) is 4.79 Å². The maximum atomic E-state index is 10.2. The third-order valence-corrected chi connectivity index (χ3v) is 1.10. The van der Waals surface area contributed by atoms with Gasteiger partial charge in [-0.25, -0.2) is 4.79 Å². The highest BCUT2D eigenvalue weighted by molar-refractivity contribution is 5.91. The van der Waals surface area contributed by atoms with E-state index in [0.717, 1.165) is 0 Å². The third-order valence-electron chi connectivity index (χ3n) is 1.10. The zero-order chi connectivity index (χ0) is 8.85. The summed E-state index contributed by atoms with van der Waals surface area (Å²) in [5.74, 6) is -1.72. The number of aliphatic hydroxyl groups is 1. The summed E-state index contributed by atoms with van der Waals surface area (Å²) in [6.07, 6.45) is 0.847. The number of hydrogen-bond donors (Lipinski definition) is 2. The number of rotatable bonds is 3. The summed E-state index contributed by atoms with van der Waals surface area (Å²) in [4.78, 5) is 10.2. The van der Waals surface area contributed by atoms with Gasteiger partial charge in [0.2, 0.25) is 0 Å². The number of hydrogen-bond acceptors (Lipinski definition) is 3. The van der Waals surface area contributed by atoms with Crippen molar-refractivity contribution in [2.75, 3.05) is 0 Å². The Morgan fingerprint density at radius 2 is 2.09 bits per heavy atom. The molecule has 0 aromatic rings. The van der Waals surface area contributed by atoms with Crippen LogP contribution in [0.5, 0.6) is 0 Å². The highest BCUT2D eigenvalue weighted by Crippen LogP contribution is 2.06. The van der Waals surface area contributed by atoms with Crippen LogP contribution >= 0.6 is 0 Å². The van der Waals surface area contributed by atoms with Crippen LogP contribution in [-0.4, -0.2) is 16.2 Å². The highest BCUT2D eigenvalue weighted by atomic mass is 16.4. The van der Waals surface area contributed by atoms with Crippen molar-refractivity contribution in [3.8, 4) is 6.07 Å². The molecule has 0 aliphatic rings. The first kappa shape index (κ1) is 9.50. The highest BCUT2D eigenvalue weighted by Gasteiger charge is 2.11. The van der Waals surface area contributed by atoms with E-state index in [0.29, 0.717) is 6.42 Å². The topological polar surface area (TPSA) is 81.3 Å². The molecule has 0 rings (SSSR count). The van der Waals surface area contributed by atoms with Crippen molar-refractivity contribution in [1.82, 2.24) is 0 Å². The van der Waals surface area contributed by atoms with Gasteiger partial charge in [0.25, 0.3) is 0 Å². The zero-order valence-electron chi connectivity index (χ0n) is 6.16. The summed E-state index contributed by atoms with van der Waals surface area (Å²) in [6, 6.07) is 1.42. The second kappa shape index (κ2) is 4.34. The second-order valence-corrected chi connectivity index (χ2v) is 1.99. The molecule has 0 radical (unpaired) electrons. The number of nitriles is 1. The number of carboxylic acids is 1. The van der Waals surface area contributed by atoms with Crippen LogP contribution in [0.4, 0.5) is 0 Å². The number of allylic oxidation sites excluding steroid dienone is 1. The molecule has 2 N–H and O–H groups in total. The minimum absolute atomic E-state index is 0.231. The van der Waals surface area contributed by atoms with Crippen molar-refractivity contribution in [1.29, 1.82) is 5.26 Å². The molecule has 0 aromatic carbocycles. The van der Waals surface area contributed by atoms with Gasteiger partial charge < -0.3 is 10.2 Å². The lowest BCUT2D eigenvalue weighted by molar-refractivity contribution is -0.132. The molecule has 0 bridgehead atoms. The summed E-state index contributed by atoms with van der Waals surface area (Å²) in [6.45, 7) is 1.78. The largest absolute Gasteiger partial charge is 0.511 e. The Labute approximate surface area is 64.4 Å². The summed E-state index contributed by atoms with van der Waals surface area (Å²) >= 11 is 0. The molecule has 0 aliphatic heterocycles. The lowest BCUT2D eigenvalue weighted by Gasteiger charge is -1.96. The van der Waals surface area contributed by atoms with E-state index in [1.165, 1.54) is 6.07 Å². The molecule has 11 heavy (non-hydrogen) atoms. The zero-order valence-corrected chi connectivity index (χ0v) is 6.16. The SMILES string of the molecule is CCCC(O)=C(C#N)C(=O)O. The normalized spacial score (nSPS) is 11.6. The average Bonchev–Trinajstić information content (AvgIpc) is 1.88. The van der Waals surface area contributed by atoms with Gasteiger partial charge in [0.1, 0.15) is 11.8 Å². The Hall–Kier alpha value is -1.50. The van der Waals surface area contributed by atoms with Crippen molar-refractivity contribution < 1.29 is 15.0 Å². The summed E-state index contributed by atoms with van der Waals surface area (Å²) < 4.78 is 0. The number of aliphatic hydroxyl groups excluding tert-OH is 1. The van der Waals surface area contributed by atoms with Crippen LogP contribution in [0, 0.1) is 11.3 Å². The molecular weight excluding hydrogens is 146 g/mol. The standard InChI is InChI=1S/C7H9NO3/c1-2-3-6(9)5(4-8)7(10)11/h9H,2-3H2,1H3,(H,10,11). The van der Waals surface area contributed by atoms with Gasteiger partial charge >= 0.3 is 5.97 Å². The molecule has 0 unspecified atom stereocenters. The van der Waals surface area contributed by atoms with Crippen LogP contribution in [0.3, 0.4) is 0 Å². The third kappa shape index (κ3) is 2.72.